The van der Waals surface area contributed by atoms with Crippen LogP contribution in [0, 0.1) is 0 Å². The van der Waals surface area contributed by atoms with Gasteiger partial charge in [-0.3, -0.25) is 24.2 Å². The Balaban J connectivity index is 2.56. The number of nitrogens with one attached hydrogen (secondary N) is 3. The number of phenolic OH excluding ortho intramolecular Hbond substituents is 1. The zero-order valence-corrected chi connectivity index (χ0v) is 13.3. The highest BCUT2D eigenvalue weighted by atomic mass is 79.9. The first-order valence-corrected chi connectivity index (χ1v) is 6.96. The lowest BCUT2D eigenvalue weighted by molar-refractivity contribution is 0.0960. The molecule has 4 N–H and O–H groups in total. The number of halogens is 1. The van der Waals surface area contributed by atoms with E-state index in [1.165, 1.54) is 32.3 Å². The van der Waals surface area contributed by atoms with E-state index < -0.39 is 17.0 Å². The fraction of sp³-hybridized carbons (Fsp3) is 0.154. The smallest absolute Gasteiger partial charge is 0.289 e. The average Bonchev–Trinajstić information content (AvgIpc) is 2.50. The van der Waals surface area contributed by atoms with Crippen molar-refractivity contribution in [2.75, 3.05) is 12.4 Å². The first kappa shape index (κ1) is 15.8. The molecule has 0 aliphatic carbocycles. The molecule has 116 valence electrons. The van der Waals surface area contributed by atoms with Gasteiger partial charge in [0.15, 0.2) is 5.75 Å². The van der Waals surface area contributed by atoms with Crippen LogP contribution in [0.25, 0.3) is 0 Å². The molecule has 0 aliphatic heterocycles. The van der Waals surface area contributed by atoms with Crippen molar-refractivity contribution in [2.45, 2.75) is 0 Å². The van der Waals surface area contributed by atoms with E-state index in [1.54, 1.807) is 0 Å². The van der Waals surface area contributed by atoms with Gasteiger partial charge in [0.2, 0.25) is 0 Å². The number of aryl methyl sites for hydroxylation is 1. The van der Waals surface area contributed by atoms with Crippen LogP contribution in [0.3, 0.4) is 0 Å². The lowest BCUT2D eigenvalue weighted by atomic mass is 10.1. The van der Waals surface area contributed by atoms with Gasteiger partial charge in [-0.2, -0.15) is 0 Å². The van der Waals surface area contributed by atoms with E-state index in [0.717, 1.165) is 4.68 Å². The summed E-state index contributed by atoms with van der Waals surface area (Å²) in [5, 5.41) is 17.5. The third kappa shape index (κ3) is 2.75. The number of benzene rings is 1. The Kier molecular flexibility index (Phi) is 4.36. The van der Waals surface area contributed by atoms with Crippen LogP contribution >= 0.6 is 15.9 Å². The maximum atomic E-state index is 12.1. The lowest BCUT2D eigenvalue weighted by Gasteiger charge is -2.12. The predicted molar refractivity (Wildman–Crippen MR) is 84.8 cm³/mol. The van der Waals surface area contributed by atoms with E-state index in [1.807, 2.05) is 0 Å². The predicted octanol–water partition coefficient (Wildman–Crippen LogP) is 0.645. The van der Waals surface area contributed by atoms with Gasteiger partial charge in [-0.25, -0.2) is 0 Å². The SMILES string of the molecule is CNC(=O)c1cccc(Nc2c(Br)c(=O)[nH]n(C)c2=O)c1O. The molecule has 9 heteroatoms. The number of hydrogen-bond donors (Lipinski definition) is 4. The molecule has 0 radical (unpaired) electrons. The van der Waals surface area contributed by atoms with Gasteiger partial charge < -0.3 is 15.7 Å². The molecule has 2 aromatic rings. The van der Waals surface area contributed by atoms with Crippen molar-refractivity contribution in [1.29, 1.82) is 0 Å². The fourth-order valence-corrected chi connectivity index (χ4v) is 2.19. The number of H-pyrrole nitrogens is 1. The molecule has 0 atom stereocenters. The van der Waals surface area contributed by atoms with Gasteiger partial charge in [0.05, 0.1) is 11.3 Å². The van der Waals surface area contributed by atoms with Gasteiger partial charge >= 0.3 is 0 Å². The molecular weight excluding hydrogens is 356 g/mol. The second-order valence-electron chi connectivity index (χ2n) is 4.40. The summed E-state index contributed by atoms with van der Waals surface area (Å²) in [6.45, 7) is 0. The van der Waals surface area contributed by atoms with Crippen molar-refractivity contribution >= 4 is 33.2 Å². The second kappa shape index (κ2) is 6.06. The second-order valence-corrected chi connectivity index (χ2v) is 5.19. The summed E-state index contributed by atoms with van der Waals surface area (Å²) >= 11 is 3.03. The van der Waals surface area contributed by atoms with E-state index in [4.69, 9.17) is 0 Å². The van der Waals surface area contributed by atoms with Crippen molar-refractivity contribution in [3.63, 3.8) is 0 Å². The first-order chi connectivity index (χ1) is 10.4. The molecule has 1 aromatic carbocycles. The Morgan fingerprint density at radius 2 is 2.05 bits per heavy atom. The Morgan fingerprint density at radius 3 is 2.68 bits per heavy atom. The van der Waals surface area contributed by atoms with E-state index in [9.17, 15) is 19.5 Å². The summed E-state index contributed by atoms with van der Waals surface area (Å²) < 4.78 is 1.01. The van der Waals surface area contributed by atoms with Crippen molar-refractivity contribution in [3.8, 4) is 5.75 Å². The quantitative estimate of drug-likeness (QED) is 0.593. The lowest BCUT2D eigenvalue weighted by Crippen LogP contribution is -2.30. The molecule has 0 saturated carbocycles. The number of nitrogens with zero attached hydrogens (tertiary/aromatic N) is 1. The van der Waals surface area contributed by atoms with Crippen LogP contribution in [-0.4, -0.2) is 27.8 Å². The van der Waals surface area contributed by atoms with Crippen LogP contribution in [0.5, 0.6) is 5.75 Å². The minimum absolute atomic E-state index is 0.000320. The number of carbonyl (C=O) groups is 1. The van der Waals surface area contributed by atoms with Gasteiger partial charge in [0.1, 0.15) is 10.2 Å². The van der Waals surface area contributed by atoms with Crippen LogP contribution in [-0.2, 0) is 7.05 Å². The van der Waals surface area contributed by atoms with Crippen molar-refractivity contribution < 1.29 is 9.90 Å². The Morgan fingerprint density at radius 1 is 1.36 bits per heavy atom. The maximum absolute atomic E-state index is 12.1. The minimum atomic E-state index is -0.508. The monoisotopic (exact) mass is 368 g/mol. The Hall–Kier alpha value is -2.55. The van der Waals surface area contributed by atoms with Crippen molar-refractivity contribution in [3.05, 3.63) is 48.9 Å². The average molecular weight is 369 g/mol. The first-order valence-electron chi connectivity index (χ1n) is 6.16. The number of para-hydroxylation sites is 1. The summed E-state index contributed by atoms with van der Waals surface area (Å²) in [5.41, 5.74) is -0.881. The van der Waals surface area contributed by atoms with Crippen LogP contribution in [0.4, 0.5) is 11.4 Å². The number of amides is 1. The number of hydrogen-bond acceptors (Lipinski definition) is 5. The van der Waals surface area contributed by atoms with Crippen LogP contribution < -0.4 is 21.8 Å². The zero-order valence-electron chi connectivity index (χ0n) is 11.7. The van der Waals surface area contributed by atoms with E-state index in [0.29, 0.717) is 0 Å². The van der Waals surface area contributed by atoms with Crippen LogP contribution in [0.2, 0.25) is 0 Å². The molecule has 8 nitrogen and oxygen atoms in total. The van der Waals surface area contributed by atoms with Crippen LogP contribution in [0.15, 0.2) is 32.3 Å². The Bertz CT molecular complexity index is 856. The summed E-state index contributed by atoms with van der Waals surface area (Å²) in [7, 11) is 2.83. The molecule has 1 amide bonds. The van der Waals surface area contributed by atoms with Gasteiger partial charge in [-0.05, 0) is 28.1 Å². The van der Waals surface area contributed by atoms with E-state index in [2.05, 4.69) is 31.7 Å². The number of aromatic nitrogens is 2. The molecule has 2 rings (SSSR count). The molecular formula is C13H13BrN4O4. The number of phenols is 1. The molecule has 1 aromatic heterocycles. The van der Waals surface area contributed by atoms with E-state index >= 15 is 0 Å². The third-order valence-electron chi connectivity index (χ3n) is 2.97. The van der Waals surface area contributed by atoms with Crippen molar-refractivity contribution in [2.24, 2.45) is 7.05 Å². The maximum Gasteiger partial charge on any atom is 0.289 e. The number of aromatic hydroxyl groups is 1. The summed E-state index contributed by atoms with van der Waals surface area (Å²) in [6, 6.07) is 4.46. The summed E-state index contributed by atoms with van der Waals surface area (Å²) in [5.74, 6) is -0.796. The topological polar surface area (TPSA) is 116 Å². The number of aromatic amines is 1. The highest BCUT2D eigenvalue weighted by Crippen LogP contribution is 2.30. The highest BCUT2D eigenvalue weighted by molar-refractivity contribution is 9.10. The van der Waals surface area contributed by atoms with Gasteiger partial charge in [0.25, 0.3) is 17.0 Å². The standard InChI is InChI=1S/C13H13BrN4O4/c1-15-11(20)6-4-3-5-7(10(6)19)16-9-8(14)12(21)17-18(2)13(9)22/h3-5,16,19H,1-2H3,(H,15,20)(H,17,21). The summed E-state index contributed by atoms with van der Waals surface area (Å²) in [6.07, 6.45) is 0. The Labute approximate surface area is 132 Å². The normalized spacial score (nSPS) is 10.3. The third-order valence-corrected chi connectivity index (χ3v) is 3.73. The molecule has 0 aliphatic rings. The van der Waals surface area contributed by atoms with Crippen LogP contribution in [0.1, 0.15) is 10.4 Å². The number of anilines is 2. The van der Waals surface area contributed by atoms with Crippen molar-refractivity contribution in [1.82, 2.24) is 15.1 Å². The molecule has 0 bridgehead atoms. The molecule has 1 heterocycles. The number of carbonyl (C=O) groups excluding carboxylic acids is 1. The molecule has 0 saturated heterocycles. The molecule has 0 fully saturated rings. The molecule has 0 unspecified atom stereocenters. The largest absolute Gasteiger partial charge is 0.505 e. The molecule has 0 spiro atoms. The number of rotatable bonds is 3. The summed E-state index contributed by atoms with van der Waals surface area (Å²) in [4.78, 5) is 35.4. The van der Waals surface area contributed by atoms with Gasteiger partial charge in [0, 0.05) is 14.1 Å². The fourth-order valence-electron chi connectivity index (χ4n) is 1.83. The highest BCUT2D eigenvalue weighted by Gasteiger charge is 2.16. The molecule has 22 heavy (non-hydrogen) atoms. The van der Waals surface area contributed by atoms with Gasteiger partial charge in [-0.1, -0.05) is 6.07 Å². The minimum Gasteiger partial charge on any atom is -0.505 e. The van der Waals surface area contributed by atoms with E-state index in [-0.39, 0.29) is 27.2 Å². The van der Waals surface area contributed by atoms with Gasteiger partial charge in [-0.15, -0.1) is 0 Å². The zero-order chi connectivity index (χ0) is 16.4.